The van der Waals surface area contributed by atoms with Gasteiger partial charge in [-0.25, -0.2) is 4.79 Å². The van der Waals surface area contributed by atoms with Gasteiger partial charge >= 0.3 is 5.97 Å². The lowest BCUT2D eigenvalue weighted by molar-refractivity contribution is -0.119. The maximum Gasteiger partial charge on any atom is 0.356 e. The number of hydrogen-bond acceptors (Lipinski definition) is 5. The summed E-state index contributed by atoms with van der Waals surface area (Å²) >= 11 is 0. The number of Topliss-reactive ketones (excluding diaryl/α,β-unsaturated/α-hetero) is 1. The van der Waals surface area contributed by atoms with Crippen LogP contribution in [-0.2, 0) is 16.1 Å². The molecule has 0 aliphatic heterocycles. The molecule has 0 aliphatic rings. The molecule has 1 aromatic heterocycles. The normalized spacial score (nSPS) is 10.3. The Morgan fingerprint density at radius 3 is 2.43 bits per heavy atom. The lowest BCUT2D eigenvalue weighted by Crippen LogP contribution is -2.19. The molecule has 0 saturated carbocycles. The van der Waals surface area contributed by atoms with Crippen LogP contribution in [0, 0.1) is 0 Å². The summed E-state index contributed by atoms with van der Waals surface area (Å²) in [4.78, 5) is 35.3. The van der Waals surface area contributed by atoms with Crippen LogP contribution in [0.5, 0.6) is 0 Å². The highest BCUT2D eigenvalue weighted by Crippen LogP contribution is 2.17. The van der Waals surface area contributed by atoms with Crippen molar-refractivity contribution in [2.45, 2.75) is 13.5 Å². The molecule has 3 aromatic rings. The molecule has 0 fully saturated rings. The summed E-state index contributed by atoms with van der Waals surface area (Å²) in [6.07, 6.45) is 0. The molecule has 2 aromatic carbocycles. The van der Waals surface area contributed by atoms with Gasteiger partial charge in [0.1, 0.15) is 5.69 Å². The van der Waals surface area contributed by atoms with Gasteiger partial charge in [0.15, 0.2) is 12.4 Å². The van der Waals surface area contributed by atoms with Crippen LogP contribution in [0.25, 0.3) is 11.3 Å². The van der Waals surface area contributed by atoms with Crippen molar-refractivity contribution in [2.75, 3.05) is 6.61 Å². The Bertz CT molecular complexity index is 978. The first kappa shape index (κ1) is 19.0. The largest absolute Gasteiger partial charge is 0.453 e. The third kappa shape index (κ3) is 4.91. The predicted molar refractivity (Wildman–Crippen MR) is 103 cm³/mol. The molecule has 0 spiro atoms. The fourth-order valence-electron chi connectivity index (χ4n) is 2.51. The van der Waals surface area contributed by atoms with Crippen molar-refractivity contribution in [3.63, 3.8) is 0 Å². The number of carbonyl (C=O) groups excluding carboxylic acids is 3. The van der Waals surface area contributed by atoms with Gasteiger partial charge in [0.2, 0.25) is 5.91 Å². The van der Waals surface area contributed by atoms with Crippen LogP contribution >= 0.6 is 0 Å². The van der Waals surface area contributed by atoms with Crippen molar-refractivity contribution in [1.82, 2.24) is 15.5 Å². The summed E-state index contributed by atoms with van der Waals surface area (Å²) < 4.78 is 5.09. The van der Waals surface area contributed by atoms with Crippen LogP contribution in [0.3, 0.4) is 0 Å². The highest BCUT2D eigenvalue weighted by atomic mass is 16.5. The van der Waals surface area contributed by atoms with Crippen molar-refractivity contribution < 1.29 is 19.1 Å². The zero-order chi connectivity index (χ0) is 19.9. The number of nitrogens with one attached hydrogen (secondary N) is 2. The summed E-state index contributed by atoms with van der Waals surface area (Å²) in [5.74, 6) is -1.09. The van der Waals surface area contributed by atoms with Crippen molar-refractivity contribution in [3.05, 3.63) is 77.5 Å². The average Bonchev–Trinajstić information content (AvgIpc) is 3.21. The second-order valence-corrected chi connectivity index (χ2v) is 6.14. The van der Waals surface area contributed by atoms with Gasteiger partial charge in [0.05, 0.1) is 5.69 Å². The first-order valence-corrected chi connectivity index (χ1v) is 8.67. The highest BCUT2D eigenvalue weighted by molar-refractivity contribution is 5.99. The SMILES string of the molecule is CC(=O)NCc1ccc(C(=O)COC(=O)c2cc(-c3ccccc3)n[nH]2)cc1. The zero-order valence-corrected chi connectivity index (χ0v) is 15.3. The molecular weight excluding hydrogens is 358 g/mol. The standard InChI is InChI=1S/C21H19N3O4/c1-14(25)22-12-15-7-9-17(10-8-15)20(26)13-28-21(27)19-11-18(23-24-19)16-5-3-2-4-6-16/h2-11H,12-13H2,1H3,(H,22,25)(H,23,24). The number of hydrogen-bond donors (Lipinski definition) is 2. The molecule has 28 heavy (non-hydrogen) atoms. The number of ether oxygens (including phenoxy) is 1. The Morgan fingerprint density at radius 1 is 1.04 bits per heavy atom. The van der Waals surface area contributed by atoms with E-state index in [4.69, 9.17) is 4.74 Å². The topological polar surface area (TPSA) is 101 Å². The summed E-state index contributed by atoms with van der Waals surface area (Å²) in [7, 11) is 0. The van der Waals surface area contributed by atoms with Crippen molar-refractivity contribution in [1.29, 1.82) is 0 Å². The van der Waals surface area contributed by atoms with Crippen molar-refractivity contribution >= 4 is 17.7 Å². The number of aromatic nitrogens is 2. The second-order valence-electron chi connectivity index (χ2n) is 6.14. The van der Waals surface area contributed by atoms with Gasteiger partial charge in [-0.15, -0.1) is 0 Å². The first-order valence-electron chi connectivity index (χ1n) is 8.67. The second kappa shape index (κ2) is 8.77. The number of nitrogens with zero attached hydrogens (tertiary/aromatic N) is 1. The van der Waals surface area contributed by atoms with E-state index in [1.807, 2.05) is 30.3 Å². The molecule has 1 amide bonds. The molecule has 0 saturated heterocycles. The number of carbonyl (C=O) groups is 3. The average molecular weight is 377 g/mol. The summed E-state index contributed by atoms with van der Waals surface area (Å²) in [6, 6.07) is 17.7. The molecule has 3 rings (SSSR count). The summed E-state index contributed by atoms with van der Waals surface area (Å²) in [5.41, 5.74) is 2.96. The van der Waals surface area contributed by atoms with Gasteiger partial charge in [-0.05, 0) is 11.6 Å². The van der Waals surface area contributed by atoms with E-state index in [2.05, 4.69) is 15.5 Å². The molecule has 1 heterocycles. The third-order valence-electron chi connectivity index (χ3n) is 4.02. The molecule has 7 heteroatoms. The summed E-state index contributed by atoms with van der Waals surface area (Å²) in [6.45, 7) is 1.46. The number of rotatable bonds is 7. The minimum Gasteiger partial charge on any atom is -0.453 e. The maximum atomic E-state index is 12.2. The third-order valence-corrected chi connectivity index (χ3v) is 4.02. The number of amides is 1. The number of H-pyrrole nitrogens is 1. The van der Waals surface area contributed by atoms with Crippen molar-refractivity contribution in [2.24, 2.45) is 0 Å². The molecule has 7 nitrogen and oxygen atoms in total. The molecule has 0 radical (unpaired) electrons. The van der Waals surface area contributed by atoms with E-state index in [1.165, 1.54) is 6.92 Å². The molecular formula is C21H19N3O4. The van der Waals surface area contributed by atoms with Crippen LogP contribution in [0.4, 0.5) is 0 Å². The van der Waals surface area contributed by atoms with E-state index in [9.17, 15) is 14.4 Å². The Balaban J connectivity index is 1.55. The molecule has 0 unspecified atom stereocenters. The number of aromatic amines is 1. The van der Waals surface area contributed by atoms with E-state index in [0.29, 0.717) is 17.8 Å². The van der Waals surface area contributed by atoms with Gasteiger partial charge in [-0.3, -0.25) is 14.7 Å². The van der Waals surface area contributed by atoms with Gasteiger partial charge in [-0.2, -0.15) is 5.10 Å². The van der Waals surface area contributed by atoms with Gasteiger partial charge < -0.3 is 10.1 Å². The lowest BCUT2D eigenvalue weighted by Gasteiger charge is -2.05. The van der Waals surface area contributed by atoms with Gasteiger partial charge in [0, 0.05) is 24.6 Å². The Kier molecular flexibility index (Phi) is 5.96. The van der Waals surface area contributed by atoms with Gasteiger partial charge in [0.25, 0.3) is 0 Å². The fourth-order valence-corrected chi connectivity index (χ4v) is 2.51. The maximum absolute atomic E-state index is 12.2. The van der Waals surface area contributed by atoms with Crippen LogP contribution in [0.15, 0.2) is 60.7 Å². The van der Waals surface area contributed by atoms with E-state index in [1.54, 1.807) is 30.3 Å². The van der Waals surface area contributed by atoms with Crippen molar-refractivity contribution in [3.8, 4) is 11.3 Å². The molecule has 0 bridgehead atoms. The fraction of sp³-hybridized carbons (Fsp3) is 0.143. The molecule has 2 N–H and O–H groups in total. The number of esters is 1. The van der Waals surface area contributed by atoms with Crippen LogP contribution in [0.2, 0.25) is 0 Å². The first-order chi connectivity index (χ1) is 13.5. The Labute approximate surface area is 161 Å². The predicted octanol–water partition coefficient (Wildman–Crippen LogP) is 2.75. The Hall–Kier alpha value is -3.74. The van der Waals surface area contributed by atoms with Gasteiger partial charge in [-0.1, -0.05) is 54.6 Å². The van der Waals surface area contributed by atoms with Crippen LogP contribution < -0.4 is 5.32 Å². The van der Waals surface area contributed by atoms with E-state index >= 15 is 0 Å². The summed E-state index contributed by atoms with van der Waals surface area (Å²) in [5, 5.41) is 9.40. The molecule has 0 aliphatic carbocycles. The van der Waals surface area contributed by atoms with E-state index in [0.717, 1.165) is 11.1 Å². The van der Waals surface area contributed by atoms with Crippen LogP contribution in [0.1, 0.15) is 33.3 Å². The van der Waals surface area contributed by atoms with E-state index in [-0.39, 0.29) is 24.0 Å². The Morgan fingerprint density at radius 2 is 1.75 bits per heavy atom. The van der Waals surface area contributed by atoms with E-state index < -0.39 is 5.97 Å². The molecule has 142 valence electrons. The minimum absolute atomic E-state index is 0.124. The monoisotopic (exact) mass is 377 g/mol. The highest BCUT2D eigenvalue weighted by Gasteiger charge is 2.15. The molecule has 0 atom stereocenters. The minimum atomic E-state index is -0.648. The smallest absolute Gasteiger partial charge is 0.356 e. The zero-order valence-electron chi connectivity index (χ0n) is 15.3. The van der Waals surface area contributed by atoms with Crippen LogP contribution in [-0.4, -0.2) is 34.5 Å². The number of ketones is 1. The number of benzene rings is 2. The lowest BCUT2D eigenvalue weighted by atomic mass is 10.1. The quantitative estimate of drug-likeness (QED) is 0.487.